The molecule has 15 heavy (non-hydrogen) atoms. The van der Waals surface area contributed by atoms with E-state index in [9.17, 15) is 9.18 Å². The number of carbonyl (C=O) groups is 1. The predicted octanol–water partition coefficient (Wildman–Crippen LogP) is 1.76. The van der Waals surface area contributed by atoms with Crippen LogP contribution in [0.5, 0.6) is 0 Å². The molecule has 0 unspecified atom stereocenters. The van der Waals surface area contributed by atoms with Crippen LogP contribution in [0.25, 0.3) is 0 Å². The average molecular weight is 210 g/mol. The Balaban J connectivity index is 2.32. The van der Waals surface area contributed by atoms with Gasteiger partial charge in [-0.25, -0.2) is 4.39 Å². The number of hydrogen-bond donors (Lipinski definition) is 2. The fourth-order valence-electron chi connectivity index (χ4n) is 1.20. The summed E-state index contributed by atoms with van der Waals surface area (Å²) < 4.78 is 13.1. The van der Waals surface area contributed by atoms with E-state index in [0.717, 1.165) is 0 Å². The van der Waals surface area contributed by atoms with Gasteiger partial charge in [-0.2, -0.15) is 0 Å². The Kier molecular flexibility index (Phi) is 4.60. The molecule has 0 aliphatic rings. The summed E-state index contributed by atoms with van der Waals surface area (Å²) in [4.78, 5) is 11.1. The van der Waals surface area contributed by atoms with E-state index < -0.39 is 0 Å². The van der Waals surface area contributed by atoms with E-state index in [-0.39, 0.29) is 11.7 Å². The number of benzene rings is 1. The third kappa shape index (κ3) is 3.97. The minimum Gasteiger partial charge on any atom is -0.382 e. The summed E-state index contributed by atoms with van der Waals surface area (Å²) in [5.74, 6) is -0.324. The van der Waals surface area contributed by atoms with E-state index in [4.69, 9.17) is 0 Å². The molecule has 4 heteroatoms. The third-order valence-electron chi connectivity index (χ3n) is 1.92. The zero-order valence-electron chi connectivity index (χ0n) is 8.72. The molecule has 0 heterocycles. The monoisotopic (exact) mass is 210 g/mol. The standard InChI is InChI=1S/C11H15FN2O/c1-2-13-11(15)7-8-14-10-6-4-3-5-9(10)12/h3-6,14H,2,7-8H2,1H3,(H,13,15). The van der Waals surface area contributed by atoms with Crippen LogP contribution in [0.15, 0.2) is 24.3 Å². The maximum absolute atomic E-state index is 13.1. The molecule has 0 radical (unpaired) electrons. The summed E-state index contributed by atoms with van der Waals surface area (Å²) in [6.45, 7) is 2.92. The van der Waals surface area contributed by atoms with E-state index in [0.29, 0.717) is 25.2 Å². The lowest BCUT2D eigenvalue weighted by Crippen LogP contribution is -2.24. The molecule has 0 fully saturated rings. The van der Waals surface area contributed by atoms with Crippen molar-refractivity contribution < 1.29 is 9.18 Å². The normalized spacial score (nSPS) is 9.73. The van der Waals surface area contributed by atoms with Crippen molar-refractivity contribution in [1.82, 2.24) is 5.32 Å². The second kappa shape index (κ2) is 6.01. The molecule has 0 saturated carbocycles. The van der Waals surface area contributed by atoms with Crippen LogP contribution in [0.3, 0.4) is 0 Å². The molecular weight excluding hydrogens is 195 g/mol. The van der Waals surface area contributed by atoms with Gasteiger partial charge in [0.1, 0.15) is 5.82 Å². The highest BCUT2D eigenvalue weighted by molar-refractivity contribution is 5.76. The highest BCUT2D eigenvalue weighted by atomic mass is 19.1. The quantitative estimate of drug-likeness (QED) is 0.777. The molecule has 0 saturated heterocycles. The summed E-state index contributed by atoms with van der Waals surface area (Å²) >= 11 is 0. The summed E-state index contributed by atoms with van der Waals surface area (Å²) in [5, 5.41) is 5.54. The molecule has 3 nitrogen and oxygen atoms in total. The number of hydrogen-bond acceptors (Lipinski definition) is 2. The van der Waals surface area contributed by atoms with E-state index in [2.05, 4.69) is 10.6 Å². The molecule has 1 rings (SSSR count). The van der Waals surface area contributed by atoms with Gasteiger partial charge in [-0.05, 0) is 19.1 Å². The highest BCUT2D eigenvalue weighted by Gasteiger charge is 2.01. The molecule has 2 N–H and O–H groups in total. The second-order valence-corrected chi connectivity index (χ2v) is 3.11. The van der Waals surface area contributed by atoms with Crippen molar-refractivity contribution in [3.05, 3.63) is 30.1 Å². The molecule has 0 bridgehead atoms. The minimum atomic E-state index is -0.298. The molecule has 0 aliphatic carbocycles. The minimum absolute atomic E-state index is 0.0265. The van der Waals surface area contributed by atoms with Gasteiger partial charge in [-0.15, -0.1) is 0 Å². The summed E-state index contributed by atoms with van der Waals surface area (Å²) in [6, 6.07) is 6.41. The fourth-order valence-corrected chi connectivity index (χ4v) is 1.20. The van der Waals surface area contributed by atoms with Crippen LogP contribution >= 0.6 is 0 Å². The first-order valence-corrected chi connectivity index (χ1v) is 4.99. The third-order valence-corrected chi connectivity index (χ3v) is 1.92. The van der Waals surface area contributed by atoms with Crippen LogP contribution < -0.4 is 10.6 Å². The van der Waals surface area contributed by atoms with E-state index in [1.165, 1.54) is 6.07 Å². The van der Waals surface area contributed by atoms with Crippen LogP contribution in [-0.2, 0) is 4.79 Å². The lowest BCUT2D eigenvalue weighted by atomic mass is 10.3. The molecule has 1 amide bonds. The Morgan fingerprint density at radius 1 is 1.40 bits per heavy atom. The molecule has 82 valence electrons. The molecule has 0 aliphatic heterocycles. The lowest BCUT2D eigenvalue weighted by molar-refractivity contribution is -0.120. The predicted molar refractivity (Wildman–Crippen MR) is 58.2 cm³/mol. The van der Waals surface area contributed by atoms with Crippen LogP contribution in [0, 0.1) is 5.82 Å². The van der Waals surface area contributed by atoms with Gasteiger partial charge in [0.2, 0.25) is 5.91 Å². The fraction of sp³-hybridized carbons (Fsp3) is 0.364. The van der Waals surface area contributed by atoms with E-state index >= 15 is 0 Å². The number of amides is 1. The van der Waals surface area contributed by atoms with Gasteiger partial charge >= 0.3 is 0 Å². The van der Waals surface area contributed by atoms with Crippen molar-refractivity contribution in [3.63, 3.8) is 0 Å². The van der Waals surface area contributed by atoms with Crippen molar-refractivity contribution >= 4 is 11.6 Å². The molecule has 0 atom stereocenters. The zero-order chi connectivity index (χ0) is 11.1. The smallest absolute Gasteiger partial charge is 0.221 e. The average Bonchev–Trinajstić information content (AvgIpc) is 2.21. The Labute approximate surface area is 88.7 Å². The highest BCUT2D eigenvalue weighted by Crippen LogP contribution is 2.11. The number of nitrogens with one attached hydrogen (secondary N) is 2. The summed E-state index contributed by atoms with van der Waals surface area (Å²) in [6.07, 6.45) is 0.349. The Hall–Kier alpha value is -1.58. The number of carbonyl (C=O) groups excluding carboxylic acids is 1. The van der Waals surface area contributed by atoms with Crippen molar-refractivity contribution in [3.8, 4) is 0 Å². The maximum Gasteiger partial charge on any atom is 0.221 e. The first-order valence-electron chi connectivity index (χ1n) is 4.99. The maximum atomic E-state index is 13.1. The lowest BCUT2D eigenvalue weighted by Gasteiger charge is -2.06. The van der Waals surface area contributed by atoms with Crippen LogP contribution in [0.4, 0.5) is 10.1 Å². The van der Waals surface area contributed by atoms with Crippen molar-refractivity contribution in [2.24, 2.45) is 0 Å². The molecule has 0 spiro atoms. The zero-order valence-corrected chi connectivity index (χ0v) is 8.72. The first kappa shape index (κ1) is 11.5. The Bertz CT molecular complexity index is 328. The van der Waals surface area contributed by atoms with Crippen LogP contribution in [0.1, 0.15) is 13.3 Å². The number of halogens is 1. The molecule has 0 aromatic heterocycles. The van der Waals surface area contributed by atoms with Crippen LogP contribution in [0.2, 0.25) is 0 Å². The van der Waals surface area contributed by atoms with Crippen molar-refractivity contribution in [2.75, 3.05) is 18.4 Å². The number of para-hydroxylation sites is 1. The Morgan fingerprint density at radius 2 is 2.13 bits per heavy atom. The van der Waals surface area contributed by atoms with E-state index in [1.807, 2.05) is 6.92 Å². The summed E-state index contributed by atoms with van der Waals surface area (Å²) in [7, 11) is 0. The largest absolute Gasteiger partial charge is 0.382 e. The molecular formula is C11H15FN2O. The van der Waals surface area contributed by atoms with Crippen molar-refractivity contribution in [1.29, 1.82) is 0 Å². The van der Waals surface area contributed by atoms with Gasteiger partial charge in [0.25, 0.3) is 0 Å². The number of anilines is 1. The molecule has 1 aromatic carbocycles. The Morgan fingerprint density at radius 3 is 2.80 bits per heavy atom. The topological polar surface area (TPSA) is 41.1 Å². The SMILES string of the molecule is CCNC(=O)CCNc1ccccc1F. The summed E-state index contributed by atoms with van der Waals surface area (Å²) in [5.41, 5.74) is 0.432. The van der Waals surface area contributed by atoms with Crippen LogP contribution in [-0.4, -0.2) is 19.0 Å². The van der Waals surface area contributed by atoms with Crippen molar-refractivity contribution in [2.45, 2.75) is 13.3 Å². The first-order chi connectivity index (χ1) is 7.24. The van der Waals surface area contributed by atoms with Gasteiger partial charge in [0.05, 0.1) is 5.69 Å². The van der Waals surface area contributed by atoms with Gasteiger partial charge in [0.15, 0.2) is 0 Å². The van der Waals surface area contributed by atoms with Gasteiger partial charge in [0, 0.05) is 19.5 Å². The van der Waals surface area contributed by atoms with Gasteiger partial charge in [-0.1, -0.05) is 12.1 Å². The van der Waals surface area contributed by atoms with Gasteiger partial charge in [-0.3, -0.25) is 4.79 Å². The van der Waals surface area contributed by atoms with Gasteiger partial charge < -0.3 is 10.6 Å². The molecule has 1 aromatic rings. The van der Waals surface area contributed by atoms with E-state index in [1.54, 1.807) is 18.2 Å². The number of rotatable bonds is 5. The second-order valence-electron chi connectivity index (χ2n) is 3.11.